The van der Waals surface area contributed by atoms with Crippen LogP contribution in [0.3, 0.4) is 0 Å². The number of ether oxygens (including phenoxy) is 1. The second kappa shape index (κ2) is 7.39. The van der Waals surface area contributed by atoms with Crippen LogP contribution in [0, 0.1) is 0 Å². The normalized spacial score (nSPS) is 13.6. The molecule has 1 aromatic carbocycles. The Morgan fingerprint density at radius 1 is 1.35 bits per heavy atom. The van der Waals surface area contributed by atoms with Gasteiger partial charge in [0.05, 0.1) is 18.8 Å². The van der Waals surface area contributed by atoms with Crippen LogP contribution in [0.4, 0.5) is 0 Å². The lowest BCUT2D eigenvalue weighted by molar-refractivity contribution is -0.255. The lowest BCUT2D eigenvalue weighted by Gasteiger charge is -2.09. The number of carboxylic acids is 1. The molecule has 122 valence electrons. The van der Waals surface area contributed by atoms with Gasteiger partial charge in [-0.15, -0.1) is 0 Å². The molecule has 2 rings (SSSR count). The third-order valence-electron chi connectivity index (χ3n) is 3.03. The van der Waals surface area contributed by atoms with Gasteiger partial charge in [-0.1, -0.05) is 0 Å². The number of hydrogen-bond acceptors (Lipinski definition) is 6. The zero-order chi connectivity index (χ0) is 16.8. The van der Waals surface area contributed by atoms with Crippen molar-refractivity contribution in [3.05, 3.63) is 29.3 Å². The Bertz CT molecular complexity index is 653. The maximum Gasteiger partial charge on any atom is 0.329 e. The van der Waals surface area contributed by atoms with E-state index in [0.717, 1.165) is 12.8 Å². The lowest BCUT2D eigenvalue weighted by Crippen LogP contribution is -2.38. The minimum absolute atomic E-state index is 0.0484. The fourth-order valence-electron chi connectivity index (χ4n) is 1.75. The van der Waals surface area contributed by atoms with Crippen molar-refractivity contribution >= 4 is 24.0 Å². The molecule has 0 saturated heterocycles. The van der Waals surface area contributed by atoms with Crippen LogP contribution in [0.25, 0.3) is 0 Å². The summed E-state index contributed by atoms with van der Waals surface area (Å²) in [6.45, 7) is 2.15. The van der Waals surface area contributed by atoms with Crippen molar-refractivity contribution in [2.24, 2.45) is 5.10 Å². The van der Waals surface area contributed by atoms with Gasteiger partial charge in [-0.05, 0) is 43.5 Å². The van der Waals surface area contributed by atoms with E-state index in [-0.39, 0.29) is 11.6 Å². The minimum Gasteiger partial charge on any atom is -0.545 e. The molecule has 0 radical (unpaired) electrons. The summed E-state index contributed by atoms with van der Waals surface area (Å²) in [6.07, 6.45) is 2.95. The van der Waals surface area contributed by atoms with Gasteiger partial charge in [0.2, 0.25) is 0 Å². The molecule has 8 heteroatoms. The van der Waals surface area contributed by atoms with Gasteiger partial charge in [0.15, 0.2) is 0 Å². The Labute approximate surface area is 132 Å². The number of aromatic carboxylic acids is 1. The predicted molar refractivity (Wildman–Crippen MR) is 78.8 cm³/mol. The monoisotopic (exact) mass is 318 g/mol. The van der Waals surface area contributed by atoms with E-state index in [1.807, 2.05) is 0 Å². The van der Waals surface area contributed by atoms with E-state index < -0.39 is 17.8 Å². The molecule has 0 atom stereocenters. The number of hydrogen-bond donors (Lipinski definition) is 2. The molecule has 2 amide bonds. The van der Waals surface area contributed by atoms with Crippen molar-refractivity contribution in [2.75, 3.05) is 6.61 Å². The molecule has 0 heterocycles. The highest BCUT2D eigenvalue weighted by Crippen LogP contribution is 2.19. The Morgan fingerprint density at radius 2 is 2.09 bits per heavy atom. The van der Waals surface area contributed by atoms with Crippen molar-refractivity contribution in [3.63, 3.8) is 0 Å². The van der Waals surface area contributed by atoms with Crippen LogP contribution < -0.4 is 20.6 Å². The molecule has 1 aromatic rings. The standard InChI is InChI=1S/C15H17N3O5/c1-2-23-12-6-3-9(15(21)22)7-10(12)8-16-18-14(20)13(19)17-11-4-5-11/h3,6-8,11H,2,4-5H2,1H3,(H,17,19)(H,18,20)(H,21,22)/p-1/b16-8-. The van der Waals surface area contributed by atoms with Gasteiger partial charge < -0.3 is 20.0 Å². The highest BCUT2D eigenvalue weighted by atomic mass is 16.5. The van der Waals surface area contributed by atoms with Crippen LogP contribution in [0.5, 0.6) is 5.75 Å². The molecule has 1 fully saturated rings. The highest BCUT2D eigenvalue weighted by Gasteiger charge is 2.26. The first-order chi connectivity index (χ1) is 11.0. The molecule has 0 unspecified atom stereocenters. The summed E-state index contributed by atoms with van der Waals surface area (Å²) in [4.78, 5) is 33.8. The van der Waals surface area contributed by atoms with Crippen LogP contribution in [-0.4, -0.2) is 36.6 Å². The molecular weight excluding hydrogens is 302 g/mol. The number of rotatable bonds is 6. The Kier molecular flexibility index (Phi) is 5.29. The van der Waals surface area contributed by atoms with Crippen LogP contribution in [-0.2, 0) is 9.59 Å². The van der Waals surface area contributed by atoms with Crippen molar-refractivity contribution in [1.82, 2.24) is 10.7 Å². The number of benzene rings is 1. The van der Waals surface area contributed by atoms with Gasteiger partial charge in [-0.3, -0.25) is 9.59 Å². The van der Waals surface area contributed by atoms with Crippen LogP contribution >= 0.6 is 0 Å². The third kappa shape index (κ3) is 4.80. The van der Waals surface area contributed by atoms with Gasteiger partial charge in [0.25, 0.3) is 0 Å². The van der Waals surface area contributed by atoms with E-state index in [4.69, 9.17) is 4.74 Å². The Balaban J connectivity index is 2.04. The molecule has 0 spiro atoms. The summed E-state index contributed by atoms with van der Waals surface area (Å²) in [5.74, 6) is -2.58. The number of carbonyl (C=O) groups excluding carboxylic acids is 3. The quantitative estimate of drug-likeness (QED) is 0.403. The fourth-order valence-corrected chi connectivity index (χ4v) is 1.75. The van der Waals surface area contributed by atoms with E-state index in [2.05, 4.69) is 15.8 Å². The van der Waals surface area contributed by atoms with Crippen LogP contribution in [0.15, 0.2) is 23.3 Å². The minimum atomic E-state index is -1.34. The van der Waals surface area contributed by atoms with Gasteiger partial charge in [0, 0.05) is 11.6 Å². The van der Waals surface area contributed by atoms with Gasteiger partial charge in [-0.2, -0.15) is 5.10 Å². The lowest BCUT2D eigenvalue weighted by atomic mass is 10.1. The molecule has 0 bridgehead atoms. The second-order valence-corrected chi connectivity index (χ2v) is 4.92. The summed E-state index contributed by atoms with van der Waals surface area (Å²) < 4.78 is 5.34. The van der Waals surface area contributed by atoms with Gasteiger partial charge in [-0.25, -0.2) is 5.43 Å². The Morgan fingerprint density at radius 3 is 2.70 bits per heavy atom. The van der Waals surface area contributed by atoms with Gasteiger partial charge >= 0.3 is 11.8 Å². The molecule has 2 N–H and O–H groups in total. The summed E-state index contributed by atoms with van der Waals surface area (Å²) in [5, 5.41) is 17.1. The predicted octanol–water partition coefficient (Wildman–Crippen LogP) is -0.822. The summed E-state index contributed by atoms with van der Waals surface area (Å²) >= 11 is 0. The first-order valence-electron chi connectivity index (χ1n) is 7.13. The number of hydrazone groups is 1. The molecule has 8 nitrogen and oxygen atoms in total. The molecule has 0 aliphatic heterocycles. The van der Waals surface area contributed by atoms with E-state index in [1.165, 1.54) is 24.4 Å². The topological polar surface area (TPSA) is 120 Å². The first-order valence-corrected chi connectivity index (χ1v) is 7.13. The molecular formula is C15H16N3O5-. The molecule has 1 saturated carbocycles. The third-order valence-corrected chi connectivity index (χ3v) is 3.03. The van der Waals surface area contributed by atoms with Gasteiger partial charge in [0.1, 0.15) is 5.75 Å². The number of carboxylic acid groups (broad SMARTS) is 1. The molecule has 1 aliphatic rings. The zero-order valence-electron chi connectivity index (χ0n) is 12.5. The summed E-state index contributed by atoms with van der Waals surface area (Å²) in [5.41, 5.74) is 2.38. The van der Waals surface area contributed by atoms with Crippen LogP contribution in [0.1, 0.15) is 35.7 Å². The van der Waals surface area contributed by atoms with E-state index in [0.29, 0.717) is 17.9 Å². The average Bonchev–Trinajstić information content (AvgIpc) is 3.32. The maximum absolute atomic E-state index is 11.5. The smallest absolute Gasteiger partial charge is 0.329 e. The largest absolute Gasteiger partial charge is 0.545 e. The van der Waals surface area contributed by atoms with E-state index >= 15 is 0 Å². The SMILES string of the molecule is CCOc1ccc(C(=O)[O-])cc1/C=N\NC(=O)C(=O)NC1CC1. The average molecular weight is 318 g/mol. The second-order valence-electron chi connectivity index (χ2n) is 4.92. The van der Waals surface area contributed by atoms with Crippen molar-refractivity contribution < 1.29 is 24.2 Å². The fraction of sp³-hybridized carbons (Fsp3) is 0.333. The van der Waals surface area contributed by atoms with Crippen molar-refractivity contribution in [1.29, 1.82) is 0 Å². The van der Waals surface area contributed by atoms with E-state index in [9.17, 15) is 19.5 Å². The molecule has 1 aliphatic carbocycles. The maximum atomic E-state index is 11.5. The molecule has 23 heavy (non-hydrogen) atoms. The van der Waals surface area contributed by atoms with Crippen LogP contribution in [0.2, 0.25) is 0 Å². The summed E-state index contributed by atoms with van der Waals surface area (Å²) in [7, 11) is 0. The first kappa shape index (κ1) is 16.5. The summed E-state index contributed by atoms with van der Waals surface area (Å²) in [6, 6.07) is 4.19. The Hall–Kier alpha value is -2.90. The number of nitrogens with zero attached hydrogens (tertiary/aromatic N) is 1. The van der Waals surface area contributed by atoms with Crippen molar-refractivity contribution in [2.45, 2.75) is 25.8 Å². The van der Waals surface area contributed by atoms with Crippen molar-refractivity contribution in [3.8, 4) is 5.75 Å². The number of amides is 2. The van der Waals surface area contributed by atoms with E-state index in [1.54, 1.807) is 6.92 Å². The number of carbonyl (C=O) groups is 3. The highest BCUT2D eigenvalue weighted by molar-refractivity contribution is 6.35. The number of nitrogens with one attached hydrogen (secondary N) is 2. The zero-order valence-corrected chi connectivity index (χ0v) is 12.5. The molecule has 0 aromatic heterocycles.